The maximum Gasteiger partial charge on any atom is 0.166 e. The van der Waals surface area contributed by atoms with Crippen LogP contribution in [0, 0.1) is 11.7 Å². The van der Waals surface area contributed by atoms with Crippen molar-refractivity contribution in [3.8, 4) is 0 Å². The molecule has 0 fully saturated rings. The quantitative estimate of drug-likeness (QED) is 0.761. The predicted octanol–water partition coefficient (Wildman–Crippen LogP) is 3.99. The molecular formula is C12H14BrFO. The van der Waals surface area contributed by atoms with Crippen molar-refractivity contribution in [2.45, 2.75) is 27.2 Å². The zero-order chi connectivity index (χ0) is 11.6. The lowest BCUT2D eigenvalue weighted by molar-refractivity contribution is 0.0937. The van der Waals surface area contributed by atoms with Crippen LogP contribution in [0.3, 0.4) is 0 Å². The molecule has 0 heterocycles. The summed E-state index contributed by atoms with van der Waals surface area (Å²) >= 11 is 3.25. The maximum absolute atomic E-state index is 13.1. The van der Waals surface area contributed by atoms with Gasteiger partial charge in [0.1, 0.15) is 5.82 Å². The Hall–Kier alpha value is -0.700. The van der Waals surface area contributed by atoms with Crippen LogP contribution in [0.4, 0.5) is 4.39 Å². The van der Waals surface area contributed by atoms with Crippen molar-refractivity contribution in [1.82, 2.24) is 0 Å². The number of Topliss-reactive ketones (excluding diaryl/α,β-unsaturated/α-hetero) is 1. The molecule has 82 valence electrons. The molecule has 0 radical (unpaired) electrons. The predicted molar refractivity (Wildman–Crippen MR) is 62.6 cm³/mol. The highest BCUT2D eigenvalue weighted by molar-refractivity contribution is 9.10. The summed E-state index contributed by atoms with van der Waals surface area (Å²) in [5.74, 6) is -0.324. The Labute approximate surface area is 97.8 Å². The van der Waals surface area contributed by atoms with Gasteiger partial charge in [0.2, 0.25) is 0 Å². The standard InChI is InChI=1S/C12H14BrFO/c1-4-8-5-9(14)6-10(13)11(8)12(15)7(2)3/h5-7H,4H2,1-3H3. The van der Waals surface area contributed by atoms with E-state index in [0.717, 1.165) is 5.56 Å². The van der Waals surface area contributed by atoms with Crippen molar-refractivity contribution in [3.63, 3.8) is 0 Å². The summed E-state index contributed by atoms with van der Waals surface area (Å²) in [7, 11) is 0. The van der Waals surface area contributed by atoms with Crippen LogP contribution >= 0.6 is 15.9 Å². The van der Waals surface area contributed by atoms with Gasteiger partial charge in [-0.1, -0.05) is 20.8 Å². The van der Waals surface area contributed by atoms with Gasteiger partial charge in [-0.25, -0.2) is 4.39 Å². The number of hydrogen-bond acceptors (Lipinski definition) is 1. The first kappa shape index (κ1) is 12.4. The molecule has 3 heteroatoms. The minimum atomic E-state index is -0.306. The molecule has 0 N–H and O–H groups in total. The number of hydrogen-bond donors (Lipinski definition) is 0. The van der Waals surface area contributed by atoms with Gasteiger partial charge in [0, 0.05) is 16.0 Å². The summed E-state index contributed by atoms with van der Waals surface area (Å²) in [4.78, 5) is 11.9. The van der Waals surface area contributed by atoms with Gasteiger partial charge in [0.25, 0.3) is 0 Å². The largest absolute Gasteiger partial charge is 0.294 e. The van der Waals surface area contributed by atoms with Gasteiger partial charge in [0.05, 0.1) is 0 Å². The van der Waals surface area contributed by atoms with Crippen molar-refractivity contribution < 1.29 is 9.18 Å². The molecule has 0 aliphatic heterocycles. The second-order valence-electron chi connectivity index (χ2n) is 3.79. The number of carbonyl (C=O) groups is 1. The fourth-order valence-electron chi connectivity index (χ4n) is 1.47. The number of carbonyl (C=O) groups excluding carboxylic acids is 1. The summed E-state index contributed by atoms with van der Waals surface area (Å²) in [5, 5.41) is 0. The van der Waals surface area contributed by atoms with E-state index >= 15 is 0 Å². The third-order valence-corrected chi connectivity index (χ3v) is 2.91. The molecule has 0 aliphatic carbocycles. The highest BCUT2D eigenvalue weighted by Gasteiger charge is 2.18. The van der Waals surface area contributed by atoms with E-state index in [2.05, 4.69) is 15.9 Å². The van der Waals surface area contributed by atoms with Crippen molar-refractivity contribution >= 4 is 21.7 Å². The Morgan fingerprint density at radius 1 is 1.47 bits per heavy atom. The van der Waals surface area contributed by atoms with Gasteiger partial charge in [0.15, 0.2) is 5.78 Å². The number of aryl methyl sites for hydroxylation is 1. The van der Waals surface area contributed by atoms with E-state index in [9.17, 15) is 9.18 Å². The molecule has 1 rings (SSSR count). The number of benzene rings is 1. The monoisotopic (exact) mass is 272 g/mol. The molecule has 15 heavy (non-hydrogen) atoms. The van der Waals surface area contributed by atoms with Crippen molar-refractivity contribution in [2.75, 3.05) is 0 Å². The Bertz CT molecular complexity index is 385. The molecule has 0 aromatic heterocycles. The summed E-state index contributed by atoms with van der Waals surface area (Å²) in [6.45, 7) is 5.60. The molecule has 0 unspecified atom stereocenters. The van der Waals surface area contributed by atoms with Gasteiger partial charge in [-0.2, -0.15) is 0 Å². The number of ketones is 1. The zero-order valence-electron chi connectivity index (χ0n) is 9.10. The second-order valence-corrected chi connectivity index (χ2v) is 4.65. The molecule has 0 bridgehead atoms. The third-order valence-electron chi connectivity index (χ3n) is 2.29. The van der Waals surface area contributed by atoms with E-state index in [1.54, 1.807) is 0 Å². The van der Waals surface area contributed by atoms with E-state index < -0.39 is 0 Å². The number of rotatable bonds is 3. The van der Waals surface area contributed by atoms with Crippen molar-refractivity contribution in [1.29, 1.82) is 0 Å². The Balaban J connectivity index is 3.33. The molecule has 0 saturated heterocycles. The summed E-state index contributed by atoms with van der Waals surface area (Å²) in [5.41, 5.74) is 1.38. The average molecular weight is 273 g/mol. The summed E-state index contributed by atoms with van der Waals surface area (Å²) in [6, 6.07) is 2.77. The molecule has 1 aromatic carbocycles. The van der Waals surface area contributed by atoms with Crippen LogP contribution in [0.25, 0.3) is 0 Å². The van der Waals surface area contributed by atoms with Crippen LogP contribution in [-0.2, 0) is 6.42 Å². The molecule has 0 spiro atoms. The Morgan fingerprint density at radius 2 is 2.07 bits per heavy atom. The highest BCUT2D eigenvalue weighted by Crippen LogP contribution is 2.25. The first-order valence-electron chi connectivity index (χ1n) is 4.99. The van der Waals surface area contributed by atoms with Crippen molar-refractivity contribution in [2.24, 2.45) is 5.92 Å². The van der Waals surface area contributed by atoms with E-state index in [1.165, 1.54) is 12.1 Å². The minimum Gasteiger partial charge on any atom is -0.294 e. The topological polar surface area (TPSA) is 17.1 Å². The lowest BCUT2D eigenvalue weighted by Gasteiger charge is -2.11. The molecule has 0 saturated carbocycles. The van der Waals surface area contributed by atoms with Crippen LogP contribution in [0.15, 0.2) is 16.6 Å². The molecule has 1 aromatic rings. The lowest BCUT2D eigenvalue weighted by atomic mass is 9.95. The normalized spacial score (nSPS) is 10.8. The van der Waals surface area contributed by atoms with Crippen LogP contribution < -0.4 is 0 Å². The van der Waals surface area contributed by atoms with Crippen molar-refractivity contribution in [3.05, 3.63) is 33.5 Å². The van der Waals surface area contributed by atoms with Crippen LogP contribution in [0.1, 0.15) is 36.7 Å². The highest BCUT2D eigenvalue weighted by atomic mass is 79.9. The van der Waals surface area contributed by atoms with Gasteiger partial charge >= 0.3 is 0 Å². The van der Waals surface area contributed by atoms with E-state index in [-0.39, 0.29) is 17.5 Å². The Morgan fingerprint density at radius 3 is 2.53 bits per heavy atom. The van der Waals surface area contributed by atoms with Crippen LogP contribution in [-0.4, -0.2) is 5.78 Å². The Kier molecular flexibility index (Phi) is 4.03. The fraction of sp³-hybridized carbons (Fsp3) is 0.417. The first-order chi connectivity index (χ1) is 6.97. The molecule has 0 aliphatic rings. The molecule has 0 atom stereocenters. The lowest BCUT2D eigenvalue weighted by Crippen LogP contribution is -2.11. The zero-order valence-corrected chi connectivity index (χ0v) is 10.7. The smallest absolute Gasteiger partial charge is 0.166 e. The van der Waals surface area contributed by atoms with Crippen LogP contribution in [0.5, 0.6) is 0 Å². The molecule has 1 nitrogen and oxygen atoms in total. The fourth-order valence-corrected chi connectivity index (χ4v) is 2.14. The SMILES string of the molecule is CCc1cc(F)cc(Br)c1C(=O)C(C)C. The van der Waals surface area contributed by atoms with E-state index in [0.29, 0.717) is 16.5 Å². The van der Waals surface area contributed by atoms with Gasteiger partial charge in [-0.3, -0.25) is 4.79 Å². The van der Waals surface area contributed by atoms with E-state index in [4.69, 9.17) is 0 Å². The van der Waals surface area contributed by atoms with Crippen LogP contribution in [0.2, 0.25) is 0 Å². The molecule has 0 amide bonds. The van der Waals surface area contributed by atoms with Gasteiger partial charge < -0.3 is 0 Å². The maximum atomic E-state index is 13.1. The first-order valence-corrected chi connectivity index (χ1v) is 5.78. The van der Waals surface area contributed by atoms with Gasteiger partial charge in [-0.05, 0) is 40.0 Å². The second kappa shape index (κ2) is 4.88. The number of halogens is 2. The minimum absolute atomic E-state index is 0.0544. The molecular weight excluding hydrogens is 259 g/mol. The van der Waals surface area contributed by atoms with E-state index in [1.807, 2.05) is 20.8 Å². The van der Waals surface area contributed by atoms with Gasteiger partial charge in [-0.15, -0.1) is 0 Å². The summed E-state index contributed by atoms with van der Waals surface area (Å²) < 4.78 is 13.7. The average Bonchev–Trinajstić information content (AvgIpc) is 2.15. The third kappa shape index (κ3) is 2.65. The summed E-state index contributed by atoms with van der Waals surface area (Å²) in [6.07, 6.45) is 0.657.